The molecule has 0 aliphatic carbocycles. The summed E-state index contributed by atoms with van der Waals surface area (Å²) in [5.74, 6) is -1.85. The number of aryl methyl sites for hydroxylation is 2. The number of nitrogens with two attached hydrogens (primary N) is 1. The van der Waals surface area contributed by atoms with Gasteiger partial charge in [0.2, 0.25) is 5.71 Å². The van der Waals surface area contributed by atoms with Crippen LogP contribution in [0.5, 0.6) is 5.75 Å². The Kier molecular flexibility index (Phi) is 9.79. The number of carbonyl (C=O) groups is 2. The minimum atomic E-state index is -4.97. The van der Waals surface area contributed by atoms with E-state index < -0.39 is 48.0 Å². The maximum absolute atomic E-state index is 13.3. The summed E-state index contributed by atoms with van der Waals surface area (Å²) in [5, 5.41) is 1.25. The number of benzene rings is 2. The standard InChI is InChI=1S/C31H27ClF3N5O7S/c1-16-19(25-26(42)38(2)30(44)39(3)27(25)46-16)13-24(41)37-29-40(15-45-28(43)21(36)11-17-7-5-4-6-8-17)22(14-48-29)18-9-10-23(20(32)12-18)47-31(33,34)35/h4-10,12,14,21H,11,13,15,36H2,1-3H3/t21-/m0/s1. The van der Waals surface area contributed by atoms with E-state index in [1.54, 1.807) is 36.6 Å². The maximum atomic E-state index is 13.3. The molecule has 48 heavy (non-hydrogen) atoms. The van der Waals surface area contributed by atoms with Crippen LogP contribution >= 0.6 is 22.9 Å². The SMILES string of the molecule is Cc1oc2c(c1CC(=O)N=c1scc(-c3ccc(OC(F)(F)F)c(Cl)c3)n1COC(=O)[C@@H](N)Cc1ccccc1)c(=O)n(C)c(=O)n2C. The van der Waals surface area contributed by atoms with Gasteiger partial charge in [0.1, 0.15) is 22.9 Å². The van der Waals surface area contributed by atoms with Crippen LogP contribution in [0.2, 0.25) is 5.02 Å². The molecule has 2 aromatic carbocycles. The molecule has 3 aromatic heterocycles. The molecule has 17 heteroatoms. The summed E-state index contributed by atoms with van der Waals surface area (Å²) in [5.41, 5.74) is 6.48. The summed E-state index contributed by atoms with van der Waals surface area (Å²) >= 11 is 7.07. The van der Waals surface area contributed by atoms with Crippen molar-refractivity contribution in [3.63, 3.8) is 0 Å². The second-order valence-electron chi connectivity index (χ2n) is 10.6. The minimum absolute atomic E-state index is 0.00505. The number of rotatable bonds is 9. The Morgan fingerprint density at radius 1 is 1.10 bits per heavy atom. The van der Waals surface area contributed by atoms with Crippen LogP contribution < -0.4 is 26.5 Å². The number of hydrogen-bond donors (Lipinski definition) is 1. The van der Waals surface area contributed by atoms with E-state index in [1.165, 1.54) is 30.8 Å². The number of furan rings is 1. The van der Waals surface area contributed by atoms with Gasteiger partial charge in [0.05, 0.1) is 17.1 Å². The van der Waals surface area contributed by atoms with Crippen molar-refractivity contribution >= 4 is 45.9 Å². The van der Waals surface area contributed by atoms with Crippen molar-refractivity contribution in [2.24, 2.45) is 24.8 Å². The van der Waals surface area contributed by atoms with Crippen LogP contribution in [0.15, 0.2) is 72.9 Å². The molecule has 1 amide bonds. The number of thiazole rings is 1. The highest BCUT2D eigenvalue weighted by Gasteiger charge is 2.32. The van der Waals surface area contributed by atoms with Gasteiger partial charge in [-0.2, -0.15) is 4.99 Å². The Balaban J connectivity index is 1.50. The molecule has 0 saturated carbocycles. The van der Waals surface area contributed by atoms with Crippen LogP contribution in [0.25, 0.3) is 22.4 Å². The molecule has 5 aromatic rings. The molecule has 2 N–H and O–H groups in total. The minimum Gasteiger partial charge on any atom is -0.444 e. The lowest BCUT2D eigenvalue weighted by Crippen LogP contribution is -2.36. The van der Waals surface area contributed by atoms with Gasteiger partial charge in [-0.25, -0.2) is 4.79 Å². The summed E-state index contributed by atoms with van der Waals surface area (Å²) in [6, 6.07) is 11.6. The van der Waals surface area contributed by atoms with E-state index >= 15 is 0 Å². The number of halogens is 4. The van der Waals surface area contributed by atoms with Gasteiger partial charge in [-0.3, -0.25) is 28.1 Å². The van der Waals surface area contributed by atoms with E-state index in [4.69, 9.17) is 26.5 Å². The largest absolute Gasteiger partial charge is 0.573 e. The molecule has 3 heterocycles. The van der Waals surface area contributed by atoms with Crippen LogP contribution in [0.1, 0.15) is 16.9 Å². The highest BCUT2D eigenvalue weighted by molar-refractivity contribution is 7.07. The van der Waals surface area contributed by atoms with Gasteiger partial charge >= 0.3 is 18.0 Å². The summed E-state index contributed by atoms with van der Waals surface area (Å²) in [6.07, 6.45) is -5.16. The fourth-order valence-electron chi connectivity index (χ4n) is 4.92. The van der Waals surface area contributed by atoms with Gasteiger partial charge < -0.3 is 19.6 Å². The van der Waals surface area contributed by atoms with E-state index in [-0.39, 0.29) is 45.1 Å². The van der Waals surface area contributed by atoms with Crippen molar-refractivity contribution in [3.8, 4) is 17.0 Å². The molecule has 12 nitrogen and oxygen atoms in total. The molecule has 0 spiro atoms. The zero-order chi connectivity index (χ0) is 34.9. The molecular formula is C31H27ClF3N5O7S. The number of fused-ring (bicyclic) bond motifs is 1. The van der Waals surface area contributed by atoms with Gasteiger partial charge in [-0.1, -0.05) is 41.9 Å². The van der Waals surface area contributed by atoms with Gasteiger partial charge in [0.15, 0.2) is 11.5 Å². The summed E-state index contributed by atoms with van der Waals surface area (Å²) in [7, 11) is 2.74. The van der Waals surface area contributed by atoms with Gasteiger partial charge in [0, 0.05) is 30.6 Å². The Labute approximate surface area is 278 Å². The summed E-state index contributed by atoms with van der Waals surface area (Å²) < 4.78 is 57.0. The smallest absolute Gasteiger partial charge is 0.444 e. The van der Waals surface area contributed by atoms with Crippen molar-refractivity contribution in [2.75, 3.05) is 0 Å². The molecule has 1 atom stereocenters. The predicted molar refractivity (Wildman–Crippen MR) is 169 cm³/mol. The molecule has 0 unspecified atom stereocenters. The quantitative estimate of drug-likeness (QED) is 0.226. The molecule has 0 fully saturated rings. The van der Waals surface area contributed by atoms with Crippen molar-refractivity contribution in [2.45, 2.75) is 38.9 Å². The van der Waals surface area contributed by atoms with Gasteiger partial charge in [0.25, 0.3) is 11.5 Å². The first-order valence-corrected chi connectivity index (χ1v) is 15.4. The van der Waals surface area contributed by atoms with Gasteiger partial charge in [-0.15, -0.1) is 24.5 Å². The van der Waals surface area contributed by atoms with E-state index in [0.717, 1.165) is 32.1 Å². The Bertz CT molecular complexity index is 2220. The third-order valence-electron chi connectivity index (χ3n) is 7.32. The number of carbonyl (C=O) groups excluding carboxylic acids is 2. The monoisotopic (exact) mass is 705 g/mol. The van der Waals surface area contributed by atoms with Crippen molar-refractivity contribution in [1.82, 2.24) is 13.7 Å². The van der Waals surface area contributed by atoms with Crippen LogP contribution in [-0.2, 0) is 48.0 Å². The molecular weight excluding hydrogens is 679 g/mol. The summed E-state index contributed by atoms with van der Waals surface area (Å²) in [6.45, 7) is 1.07. The molecule has 0 radical (unpaired) electrons. The number of ether oxygens (including phenoxy) is 2. The third kappa shape index (κ3) is 7.30. The summed E-state index contributed by atoms with van der Waals surface area (Å²) in [4.78, 5) is 55.8. The van der Waals surface area contributed by atoms with Crippen LogP contribution in [0.3, 0.4) is 0 Å². The second kappa shape index (κ2) is 13.7. The Morgan fingerprint density at radius 2 is 1.81 bits per heavy atom. The van der Waals surface area contributed by atoms with Crippen molar-refractivity contribution in [3.05, 3.63) is 101 Å². The lowest BCUT2D eigenvalue weighted by molar-refractivity contribution is -0.274. The number of alkyl halides is 3. The van der Waals surface area contributed by atoms with E-state index in [0.29, 0.717) is 11.3 Å². The normalized spacial score (nSPS) is 12.8. The molecule has 252 valence electrons. The molecule has 0 saturated heterocycles. The first-order chi connectivity index (χ1) is 22.6. The zero-order valence-corrected chi connectivity index (χ0v) is 27.1. The van der Waals surface area contributed by atoms with E-state index in [1.807, 2.05) is 6.07 Å². The number of amides is 1. The van der Waals surface area contributed by atoms with Crippen LogP contribution in [0.4, 0.5) is 13.2 Å². The Hall–Kier alpha value is -4.93. The molecule has 0 aliphatic rings. The lowest BCUT2D eigenvalue weighted by atomic mass is 10.1. The number of esters is 1. The number of nitrogens with zero attached hydrogens (tertiary/aromatic N) is 4. The van der Waals surface area contributed by atoms with Crippen molar-refractivity contribution < 1.29 is 36.7 Å². The fourth-order valence-corrected chi connectivity index (χ4v) is 6.06. The van der Waals surface area contributed by atoms with E-state index in [9.17, 15) is 32.3 Å². The second-order valence-corrected chi connectivity index (χ2v) is 11.9. The van der Waals surface area contributed by atoms with Crippen molar-refractivity contribution in [1.29, 1.82) is 0 Å². The first kappa shape index (κ1) is 34.4. The first-order valence-electron chi connectivity index (χ1n) is 14.1. The van der Waals surface area contributed by atoms with Crippen LogP contribution in [0, 0.1) is 6.92 Å². The average molecular weight is 706 g/mol. The third-order valence-corrected chi connectivity index (χ3v) is 8.48. The van der Waals surface area contributed by atoms with Gasteiger partial charge in [-0.05, 0) is 37.1 Å². The zero-order valence-electron chi connectivity index (χ0n) is 25.5. The molecule has 0 bridgehead atoms. The Morgan fingerprint density at radius 3 is 2.48 bits per heavy atom. The topological polar surface area (TPSA) is 153 Å². The molecule has 5 rings (SSSR count). The predicted octanol–water partition coefficient (Wildman–Crippen LogP) is 3.96. The maximum Gasteiger partial charge on any atom is 0.573 e. The molecule has 0 aliphatic heterocycles. The highest BCUT2D eigenvalue weighted by Crippen LogP contribution is 2.34. The lowest BCUT2D eigenvalue weighted by Gasteiger charge is -2.15. The highest BCUT2D eigenvalue weighted by atomic mass is 35.5. The van der Waals surface area contributed by atoms with Crippen LogP contribution in [-0.4, -0.2) is 38.0 Å². The number of aromatic nitrogens is 3. The van der Waals surface area contributed by atoms with E-state index in [2.05, 4.69) is 9.73 Å². The number of hydrogen-bond acceptors (Lipinski definition) is 9. The average Bonchev–Trinajstić information content (AvgIpc) is 3.58. The fraction of sp³-hybridized carbons (Fsp3) is 0.258.